The third kappa shape index (κ3) is 3.27. The van der Waals surface area contributed by atoms with Crippen LogP contribution >= 0.6 is 15.9 Å². The van der Waals surface area contributed by atoms with Gasteiger partial charge in [-0.25, -0.2) is 8.42 Å². The van der Waals surface area contributed by atoms with Crippen molar-refractivity contribution in [1.29, 1.82) is 0 Å². The minimum Gasteiger partial charge on any atom is -0.480 e. The van der Waals surface area contributed by atoms with Crippen LogP contribution in [0.4, 0.5) is 0 Å². The van der Waals surface area contributed by atoms with E-state index in [4.69, 9.17) is 5.11 Å². The number of ketones is 1. The minimum absolute atomic E-state index is 0.552. The van der Waals surface area contributed by atoms with E-state index in [1.807, 2.05) is 0 Å². The molecule has 88 valence electrons. The molecule has 0 aliphatic carbocycles. The van der Waals surface area contributed by atoms with Gasteiger partial charge in [0, 0.05) is 0 Å². The summed E-state index contributed by atoms with van der Waals surface area (Å²) in [6, 6.07) is 0. The van der Waals surface area contributed by atoms with Gasteiger partial charge in [-0.05, 0) is 20.8 Å². The van der Waals surface area contributed by atoms with Crippen LogP contribution in [0, 0.1) is 0 Å². The Morgan fingerprint density at radius 1 is 1.40 bits per heavy atom. The van der Waals surface area contributed by atoms with Crippen molar-refractivity contribution in [3.63, 3.8) is 0 Å². The molecule has 0 heterocycles. The largest absolute Gasteiger partial charge is 0.480 e. The Labute approximate surface area is 96.9 Å². The number of carboxylic acids is 1. The average molecular weight is 301 g/mol. The van der Waals surface area contributed by atoms with Crippen LogP contribution in [0.25, 0.3) is 0 Å². The molecule has 1 N–H and O–H groups in total. The fraction of sp³-hybridized carbons (Fsp3) is 0.750. The van der Waals surface area contributed by atoms with Crippen LogP contribution < -0.4 is 0 Å². The van der Waals surface area contributed by atoms with Gasteiger partial charge >= 0.3 is 5.97 Å². The molecule has 0 bridgehead atoms. The van der Waals surface area contributed by atoms with E-state index in [0.717, 1.165) is 0 Å². The molecule has 0 amide bonds. The second kappa shape index (κ2) is 4.61. The van der Waals surface area contributed by atoms with Crippen molar-refractivity contribution in [2.45, 2.75) is 30.3 Å². The molecule has 0 aromatic rings. The average Bonchev–Trinajstić information content (AvgIpc) is 1.99. The van der Waals surface area contributed by atoms with Crippen molar-refractivity contribution in [3.05, 3.63) is 0 Å². The van der Waals surface area contributed by atoms with Crippen LogP contribution in [-0.4, -0.2) is 40.6 Å². The number of Topliss-reactive ketones (excluding diaryl/α,β-unsaturated/α-hetero) is 1. The first kappa shape index (κ1) is 14.6. The first-order valence-corrected chi connectivity index (χ1v) is 6.71. The fourth-order valence-electron chi connectivity index (χ4n) is 0.975. The predicted molar refractivity (Wildman–Crippen MR) is 58.9 cm³/mol. The molecule has 7 heteroatoms. The van der Waals surface area contributed by atoms with Gasteiger partial charge < -0.3 is 5.11 Å². The van der Waals surface area contributed by atoms with Crippen LogP contribution in [0.1, 0.15) is 20.8 Å². The van der Waals surface area contributed by atoms with Crippen LogP contribution in [0.2, 0.25) is 0 Å². The summed E-state index contributed by atoms with van der Waals surface area (Å²) in [5.74, 6) is -3.05. The molecule has 0 spiro atoms. The highest BCUT2D eigenvalue weighted by molar-refractivity contribution is 9.10. The summed E-state index contributed by atoms with van der Waals surface area (Å²) >= 11 is 2.97. The lowest BCUT2D eigenvalue weighted by molar-refractivity contribution is -0.134. The SMILES string of the molecule is CC(Br)C(=O)C(C)(C)S(=O)(=O)CC(=O)O. The number of alkyl halides is 1. The molecule has 0 radical (unpaired) electrons. The number of aliphatic carboxylic acids is 1. The van der Waals surface area contributed by atoms with Crippen molar-refractivity contribution in [2.75, 3.05) is 5.75 Å². The van der Waals surface area contributed by atoms with Gasteiger partial charge in [0.2, 0.25) is 0 Å². The lowest BCUT2D eigenvalue weighted by atomic mass is 10.1. The highest BCUT2D eigenvalue weighted by Crippen LogP contribution is 2.22. The number of carboxylic acid groups (broad SMARTS) is 1. The first-order chi connectivity index (χ1) is 6.52. The molecule has 0 saturated carbocycles. The van der Waals surface area contributed by atoms with Gasteiger partial charge in [0.25, 0.3) is 0 Å². The standard InChI is InChI=1S/C8H13BrO5S/c1-5(9)7(12)8(2,3)15(13,14)4-6(10)11/h5H,4H2,1-3H3,(H,10,11). The zero-order chi connectivity index (χ0) is 12.4. The molecule has 15 heavy (non-hydrogen) atoms. The summed E-state index contributed by atoms with van der Waals surface area (Å²) in [5.41, 5.74) is 0. The Morgan fingerprint density at radius 3 is 2.07 bits per heavy atom. The van der Waals surface area contributed by atoms with Crippen LogP contribution in [0.3, 0.4) is 0 Å². The van der Waals surface area contributed by atoms with Crippen molar-refractivity contribution in [1.82, 2.24) is 0 Å². The summed E-state index contributed by atoms with van der Waals surface area (Å²) in [5, 5.41) is 8.43. The van der Waals surface area contributed by atoms with Crippen molar-refractivity contribution >= 4 is 37.5 Å². The van der Waals surface area contributed by atoms with Gasteiger partial charge in [0.15, 0.2) is 15.6 Å². The maximum Gasteiger partial charge on any atom is 0.318 e. The van der Waals surface area contributed by atoms with E-state index in [2.05, 4.69) is 15.9 Å². The summed E-state index contributed by atoms with van der Waals surface area (Å²) in [6.45, 7) is 3.93. The van der Waals surface area contributed by atoms with Crippen molar-refractivity contribution in [3.8, 4) is 0 Å². The summed E-state index contributed by atoms with van der Waals surface area (Å²) in [6.07, 6.45) is 0. The molecule has 0 fully saturated rings. The molecular weight excluding hydrogens is 288 g/mol. The topological polar surface area (TPSA) is 88.5 Å². The van der Waals surface area contributed by atoms with Gasteiger partial charge in [-0.3, -0.25) is 9.59 Å². The Bertz CT molecular complexity index is 368. The molecule has 1 unspecified atom stereocenters. The third-order valence-electron chi connectivity index (χ3n) is 2.05. The van der Waals surface area contributed by atoms with Crippen LogP contribution in [0.15, 0.2) is 0 Å². The number of hydrogen-bond acceptors (Lipinski definition) is 4. The maximum absolute atomic E-state index is 11.6. The first-order valence-electron chi connectivity index (χ1n) is 4.15. The molecule has 0 aromatic heterocycles. The summed E-state index contributed by atoms with van der Waals surface area (Å²) in [4.78, 5) is 21.3. The molecule has 5 nitrogen and oxygen atoms in total. The number of rotatable bonds is 5. The van der Waals surface area contributed by atoms with Crippen molar-refractivity contribution in [2.24, 2.45) is 0 Å². The highest BCUT2D eigenvalue weighted by atomic mass is 79.9. The Hall–Kier alpha value is -0.430. The van der Waals surface area contributed by atoms with E-state index < -0.39 is 36.9 Å². The number of hydrogen-bond donors (Lipinski definition) is 1. The summed E-state index contributed by atoms with van der Waals surface area (Å²) in [7, 11) is -3.98. The number of sulfone groups is 1. The lowest BCUT2D eigenvalue weighted by Crippen LogP contribution is -2.46. The molecule has 0 aromatic carbocycles. The highest BCUT2D eigenvalue weighted by Gasteiger charge is 2.43. The predicted octanol–water partition coefficient (Wildman–Crippen LogP) is 0.617. The molecule has 0 aliphatic heterocycles. The zero-order valence-electron chi connectivity index (χ0n) is 8.65. The molecule has 0 aliphatic rings. The van der Waals surface area contributed by atoms with Gasteiger partial charge in [0.1, 0.15) is 10.5 Å². The Kier molecular flexibility index (Phi) is 4.48. The van der Waals surface area contributed by atoms with Gasteiger partial charge in [0.05, 0.1) is 4.83 Å². The maximum atomic E-state index is 11.6. The zero-order valence-corrected chi connectivity index (χ0v) is 11.1. The quantitative estimate of drug-likeness (QED) is 0.752. The van der Waals surface area contributed by atoms with E-state index >= 15 is 0 Å². The van der Waals surface area contributed by atoms with E-state index in [-0.39, 0.29) is 0 Å². The second-order valence-corrected chi connectivity index (χ2v) is 7.56. The lowest BCUT2D eigenvalue weighted by Gasteiger charge is -2.23. The smallest absolute Gasteiger partial charge is 0.318 e. The van der Waals surface area contributed by atoms with Gasteiger partial charge in [-0.1, -0.05) is 15.9 Å². The number of halogens is 1. The van der Waals surface area contributed by atoms with E-state index in [0.29, 0.717) is 0 Å². The Morgan fingerprint density at radius 2 is 1.80 bits per heavy atom. The van der Waals surface area contributed by atoms with E-state index in [9.17, 15) is 18.0 Å². The monoisotopic (exact) mass is 300 g/mol. The fourth-order valence-corrected chi connectivity index (χ4v) is 2.87. The van der Waals surface area contributed by atoms with Gasteiger partial charge in [-0.15, -0.1) is 0 Å². The normalized spacial score (nSPS) is 14.7. The molecule has 0 rings (SSSR count). The van der Waals surface area contributed by atoms with E-state index in [1.165, 1.54) is 20.8 Å². The molecular formula is C8H13BrO5S. The molecule has 0 saturated heterocycles. The Balaban J connectivity index is 5.20. The number of carbonyl (C=O) groups excluding carboxylic acids is 1. The minimum atomic E-state index is -3.98. The number of carbonyl (C=O) groups is 2. The second-order valence-electron chi connectivity index (χ2n) is 3.64. The third-order valence-corrected chi connectivity index (χ3v) is 4.84. The van der Waals surface area contributed by atoms with Crippen LogP contribution in [-0.2, 0) is 19.4 Å². The van der Waals surface area contributed by atoms with Crippen LogP contribution in [0.5, 0.6) is 0 Å². The van der Waals surface area contributed by atoms with Crippen molar-refractivity contribution < 1.29 is 23.1 Å². The summed E-state index contributed by atoms with van der Waals surface area (Å²) < 4.78 is 21.5. The van der Waals surface area contributed by atoms with E-state index in [1.54, 1.807) is 0 Å². The van der Waals surface area contributed by atoms with Gasteiger partial charge in [-0.2, -0.15) is 0 Å². The molecule has 1 atom stereocenters.